The minimum absolute atomic E-state index is 0.0763. The van der Waals surface area contributed by atoms with Gasteiger partial charge in [-0.1, -0.05) is 30.4 Å². The lowest BCUT2D eigenvalue weighted by molar-refractivity contribution is 0.0993. The Morgan fingerprint density at radius 1 is 0.969 bits per heavy atom. The number of nitrogens with zero attached hydrogens (tertiary/aromatic N) is 3. The lowest BCUT2D eigenvalue weighted by Crippen LogP contribution is -2.26. The number of anilines is 1. The van der Waals surface area contributed by atoms with Crippen molar-refractivity contribution < 1.29 is 15.0 Å². The molecule has 2 N–H and O–H groups in total. The Labute approximate surface area is 184 Å². The number of hydrogen-bond acceptors (Lipinski definition) is 4. The van der Waals surface area contributed by atoms with Gasteiger partial charge in [0.25, 0.3) is 5.91 Å². The number of aromatic hydroxyl groups is 2. The van der Waals surface area contributed by atoms with Crippen LogP contribution in [0, 0.1) is 0 Å². The third-order valence-electron chi connectivity index (χ3n) is 6.67. The van der Waals surface area contributed by atoms with Crippen LogP contribution in [0.3, 0.4) is 0 Å². The fourth-order valence-electron chi connectivity index (χ4n) is 5.10. The van der Waals surface area contributed by atoms with Crippen LogP contribution in [-0.4, -0.2) is 32.7 Å². The van der Waals surface area contributed by atoms with Gasteiger partial charge in [0.2, 0.25) is 11.8 Å². The minimum atomic E-state index is -0.166. The highest BCUT2D eigenvalue weighted by atomic mass is 16.3. The Morgan fingerprint density at radius 3 is 2.31 bits per heavy atom. The van der Waals surface area contributed by atoms with Gasteiger partial charge in [0, 0.05) is 47.2 Å². The summed E-state index contributed by atoms with van der Waals surface area (Å²) in [5, 5.41) is 22.6. The lowest BCUT2D eigenvalue weighted by Gasteiger charge is -2.19. The fraction of sp³-hybridized carbons (Fsp3) is 0.154. The number of hydrogen-bond donors (Lipinski definition) is 2. The van der Waals surface area contributed by atoms with Gasteiger partial charge in [-0.25, -0.2) is 0 Å². The monoisotopic (exact) mass is 423 g/mol. The van der Waals surface area contributed by atoms with Crippen molar-refractivity contribution in [2.75, 3.05) is 11.9 Å². The lowest BCUT2D eigenvalue weighted by atomic mass is 10.0. The first-order chi connectivity index (χ1) is 15.5. The maximum absolute atomic E-state index is 13.2. The Kier molecular flexibility index (Phi) is 3.92. The molecule has 158 valence electrons. The summed E-state index contributed by atoms with van der Waals surface area (Å²) < 4.78 is 1.46. The van der Waals surface area contributed by atoms with Crippen molar-refractivity contribution in [3.8, 4) is 17.4 Å². The van der Waals surface area contributed by atoms with Gasteiger partial charge in [0.15, 0.2) is 0 Å². The molecule has 0 fully saturated rings. The van der Waals surface area contributed by atoms with Crippen LogP contribution in [0.25, 0.3) is 16.6 Å². The van der Waals surface area contributed by atoms with E-state index >= 15 is 0 Å². The Balaban J connectivity index is 1.33. The van der Waals surface area contributed by atoms with Crippen molar-refractivity contribution >= 4 is 22.5 Å². The summed E-state index contributed by atoms with van der Waals surface area (Å²) in [5.41, 5.74) is 4.25. The second-order valence-corrected chi connectivity index (χ2v) is 8.41. The van der Waals surface area contributed by atoms with E-state index in [1.165, 1.54) is 4.57 Å². The molecule has 6 nitrogen and oxygen atoms in total. The van der Waals surface area contributed by atoms with Crippen molar-refractivity contribution in [1.29, 1.82) is 0 Å². The molecule has 2 aliphatic carbocycles. The molecule has 2 heterocycles. The molecule has 4 aromatic rings. The van der Waals surface area contributed by atoms with Crippen LogP contribution in [0.4, 0.5) is 5.69 Å². The van der Waals surface area contributed by atoms with E-state index in [0.717, 1.165) is 34.1 Å². The number of carbonyl (C=O) groups is 1. The van der Waals surface area contributed by atoms with Gasteiger partial charge >= 0.3 is 0 Å². The number of fused-ring (bicyclic) bond motifs is 6. The molecule has 2 bridgehead atoms. The van der Waals surface area contributed by atoms with Gasteiger partial charge in [-0.2, -0.15) is 0 Å². The van der Waals surface area contributed by atoms with Gasteiger partial charge in [-0.15, -0.1) is 0 Å². The molecule has 1 unspecified atom stereocenters. The van der Waals surface area contributed by atoms with Crippen LogP contribution in [0.5, 0.6) is 11.8 Å². The van der Waals surface area contributed by atoms with Crippen molar-refractivity contribution in [2.45, 2.75) is 18.3 Å². The molecule has 0 saturated carbocycles. The fourth-order valence-corrected chi connectivity index (χ4v) is 5.10. The number of amides is 1. The van der Waals surface area contributed by atoms with Crippen LogP contribution >= 0.6 is 0 Å². The number of benzene rings is 2. The number of allylic oxidation sites excluding steroid dienone is 2. The summed E-state index contributed by atoms with van der Waals surface area (Å²) in [5.74, 6) is 0.303. The topological polar surface area (TPSA) is 78.6 Å². The first-order valence-electron chi connectivity index (χ1n) is 10.6. The average molecular weight is 423 g/mol. The summed E-state index contributed by atoms with van der Waals surface area (Å²) in [6, 6.07) is 16.5. The zero-order chi connectivity index (χ0) is 22.0. The molecule has 32 heavy (non-hydrogen) atoms. The average Bonchev–Trinajstić information content (AvgIpc) is 3.51. The number of aromatic nitrogens is 2. The highest BCUT2D eigenvalue weighted by molar-refractivity contribution is 6.09. The van der Waals surface area contributed by atoms with Crippen molar-refractivity contribution in [3.05, 3.63) is 89.6 Å². The molecule has 0 aliphatic heterocycles. The Bertz CT molecular complexity index is 1380. The molecular weight excluding hydrogens is 402 g/mol. The summed E-state index contributed by atoms with van der Waals surface area (Å²) in [4.78, 5) is 19.2. The van der Waals surface area contributed by atoms with Gasteiger partial charge in [0.05, 0.1) is 16.9 Å². The molecular formula is C26H21N3O3. The van der Waals surface area contributed by atoms with E-state index in [0.29, 0.717) is 11.3 Å². The van der Waals surface area contributed by atoms with Gasteiger partial charge in [-0.3, -0.25) is 14.3 Å². The second-order valence-electron chi connectivity index (χ2n) is 8.41. The van der Waals surface area contributed by atoms with E-state index in [4.69, 9.17) is 0 Å². The van der Waals surface area contributed by atoms with E-state index in [1.54, 1.807) is 42.4 Å². The highest BCUT2D eigenvalue weighted by Crippen LogP contribution is 2.57. The molecule has 6 rings (SSSR count). The predicted octanol–water partition coefficient (Wildman–Crippen LogP) is 4.85. The first kappa shape index (κ1) is 18.7. The number of pyridine rings is 1. The normalized spacial score (nSPS) is 18.3. The SMILES string of the molecule is CN(C(=O)c1ccc(-n2c(O)c3c(c2O)[C@@H]2C=CC3C2)cc1)c1cccc2cccnc12. The molecule has 2 aromatic heterocycles. The Hall–Kier alpha value is -4.06. The summed E-state index contributed by atoms with van der Waals surface area (Å²) in [7, 11) is 1.73. The molecule has 0 radical (unpaired) electrons. The van der Waals surface area contributed by atoms with Crippen molar-refractivity contribution in [3.63, 3.8) is 0 Å². The first-order valence-corrected chi connectivity index (χ1v) is 10.6. The largest absolute Gasteiger partial charge is 0.494 e. The molecule has 0 saturated heterocycles. The predicted molar refractivity (Wildman–Crippen MR) is 123 cm³/mol. The molecule has 2 aromatic carbocycles. The molecule has 0 spiro atoms. The second kappa shape index (κ2) is 6.72. The molecule has 2 aliphatic rings. The molecule has 1 amide bonds. The zero-order valence-electron chi connectivity index (χ0n) is 17.4. The van der Waals surface area contributed by atoms with Crippen molar-refractivity contribution in [1.82, 2.24) is 9.55 Å². The highest BCUT2D eigenvalue weighted by Gasteiger charge is 2.41. The van der Waals surface area contributed by atoms with Gasteiger partial charge in [-0.05, 0) is 42.8 Å². The third-order valence-corrected chi connectivity index (χ3v) is 6.67. The van der Waals surface area contributed by atoms with E-state index in [2.05, 4.69) is 17.1 Å². The van der Waals surface area contributed by atoms with Crippen LogP contribution in [0.15, 0.2) is 72.9 Å². The summed E-state index contributed by atoms with van der Waals surface area (Å²) >= 11 is 0. The smallest absolute Gasteiger partial charge is 0.258 e. The van der Waals surface area contributed by atoms with Crippen LogP contribution in [0.2, 0.25) is 0 Å². The standard InChI is InChI=1S/C26H21N3O3/c1-28(20-6-2-4-15-5-3-13-27-23(15)20)24(30)16-9-11-19(12-10-16)29-25(31)21-17-7-8-18(14-17)22(21)26(29)32/h2-13,17-18,31-32H,14H2,1H3/t17-,18?/m1/s1. The maximum atomic E-state index is 13.2. The van der Waals surface area contributed by atoms with Gasteiger partial charge in [0.1, 0.15) is 0 Å². The zero-order valence-corrected chi connectivity index (χ0v) is 17.4. The summed E-state index contributed by atoms with van der Waals surface area (Å²) in [6.07, 6.45) is 6.82. The maximum Gasteiger partial charge on any atom is 0.258 e. The van der Waals surface area contributed by atoms with E-state index in [1.807, 2.05) is 30.3 Å². The minimum Gasteiger partial charge on any atom is -0.494 e. The third kappa shape index (κ3) is 2.52. The molecule has 2 atom stereocenters. The number of rotatable bonds is 3. The Morgan fingerprint density at radius 2 is 1.62 bits per heavy atom. The summed E-state index contributed by atoms with van der Waals surface area (Å²) in [6.45, 7) is 0. The van der Waals surface area contributed by atoms with Gasteiger partial charge < -0.3 is 15.1 Å². The van der Waals surface area contributed by atoms with Crippen molar-refractivity contribution in [2.24, 2.45) is 0 Å². The van der Waals surface area contributed by atoms with Crippen LogP contribution in [0.1, 0.15) is 39.7 Å². The van der Waals surface area contributed by atoms with Crippen LogP contribution in [-0.2, 0) is 0 Å². The number of carbonyl (C=O) groups excluding carboxylic acids is 1. The molecule has 6 heteroatoms. The quantitative estimate of drug-likeness (QED) is 0.462. The van der Waals surface area contributed by atoms with Crippen LogP contribution < -0.4 is 4.90 Å². The number of para-hydroxylation sites is 1. The van der Waals surface area contributed by atoms with E-state index in [9.17, 15) is 15.0 Å². The van der Waals surface area contributed by atoms with E-state index < -0.39 is 0 Å². The van der Waals surface area contributed by atoms with E-state index in [-0.39, 0.29) is 29.5 Å².